The minimum atomic E-state index is -0.486. The van der Waals surface area contributed by atoms with Crippen LogP contribution in [0.3, 0.4) is 0 Å². The summed E-state index contributed by atoms with van der Waals surface area (Å²) in [4.78, 5) is 11.7. The van der Waals surface area contributed by atoms with Crippen molar-refractivity contribution in [3.8, 4) is 0 Å². The lowest BCUT2D eigenvalue weighted by molar-refractivity contribution is 0.0949. The number of alkyl halides is 1. The molecule has 2 rings (SSSR count). The van der Waals surface area contributed by atoms with Gasteiger partial charge in [0.25, 0.3) is 5.91 Å². The zero-order valence-electron chi connectivity index (χ0n) is 9.67. The molecule has 1 unspecified atom stereocenters. The number of hydrogen-bond donors (Lipinski definition) is 1. The molecule has 1 fully saturated rings. The van der Waals surface area contributed by atoms with Crippen molar-refractivity contribution in [3.63, 3.8) is 0 Å². The first-order chi connectivity index (χ1) is 8.08. The molecule has 1 aliphatic rings. The van der Waals surface area contributed by atoms with E-state index in [2.05, 4.69) is 5.32 Å². The number of amides is 1. The predicted octanol–water partition coefficient (Wildman–Crippen LogP) is 2.88. The number of benzene rings is 1. The maximum absolute atomic E-state index is 13.5. The quantitative estimate of drug-likeness (QED) is 0.824. The van der Waals surface area contributed by atoms with Gasteiger partial charge in [0, 0.05) is 6.54 Å². The third-order valence-corrected chi connectivity index (χ3v) is 3.47. The molecule has 4 heteroatoms. The zero-order chi connectivity index (χ0) is 12.4. The number of rotatable bonds is 4. The van der Waals surface area contributed by atoms with Crippen LogP contribution in [-0.4, -0.2) is 17.8 Å². The lowest BCUT2D eigenvalue weighted by atomic mass is 10.1. The largest absolute Gasteiger partial charge is 0.350 e. The highest BCUT2D eigenvalue weighted by Crippen LogP contribution is 2.35. The van der Waals surface area contributed by atoms with E-state index in [9.17, 15) is 9.18 Å². The van der Waals surface area contributed by atoms with Gasteiger partial charge in [-0.1, -0.05) is 6.07 Å². The van der Waals surface area contributed by atoms with Gasteiger partial charge in [-0.2, -0.15) is 0 Å². The molecule has 1 saturated carbocycles. The van der Waals surface area contributed by atoms with E-state index < -0.39 is 11.7 Å². The van der Waals surface area contributed by atoms with Gasteiger partial charge in [0.15, 0.2) is 0 Å². The monoisotopic (exact) mass is 255 g/mol. The topological polar surface area (TPSA) is 29.1 Å². The van der Waals surface area contributed by atoms with Gasteiger partial charge in [0.1, 0.15) is 5.82 Å². The first-order valence-corrected chi connectivity index (χ1v) is 6.20. The summed E-state index contributed by atoms with van der Waals surface area (Å²) in [7, 11) is 0. The minimum Gasteiger partial charge on any atom is -0.350 e. The van der Waals surface area contributed by atoms with Crippen LogP contribution in [-0.2, 0) is 0 Å². The summed E-state index contributed by atoms with van der Waals surface area (Å²) in [6, 6.07) is 4.57. The van der Waals surface area contributed by atoms with E-state index in [1.807, 2.05) is 0 Å². The highest BCUT2D eigenvalue weighted by Gasteiger charge is 2.29. The SMILES string of the molecule is Cc1ccc(C(=O)NCC(Cl)C2CC2)c(F)c1. The minimum absolute atomic E-state index is 0.0348. The molecule has 1 atom stereocenters. The van der Waals surface area contributed by atoms with Gasteiger partial charge >= 0.3 is 0 Å². The molecule has 0 aromatic heterocycles. The molecule has 0 radical (unpaired) electrons. The summed E-state index contributed by atoms with van der Waals surface area (Å²) in [5.74, 6) is -0.367. The molecule has 1 aromatic rings. The first-order valence-electron chi connectivity index (χ1n) is 5.76. The molecular weight excluding hydrogens is 241 g/mol. The predicted molar refractivity (Wildman–Crippen MR) is 65.8 cm³/mol. The summed E-state index contributed by atoms with van der Waals surface area (Å²) in [6.45, 7) is 2.19. The zero-order valence-corrected chi connectivity index (χ0v) is 10.4. The van der Waals surface area contributed by atoms with Crippen LogP contribution in [0.1, 0.15) is 28.8 Å². The lowest BCUT2D eigenvalue weighted by Crippen LogP contribution is -2.31. The molecule has 0 aliphatic heterocycles. The van der Waals surface area contributed by atoms with Crippen molar-refractivity contribution in [3.05, 3.63) is 35.1 Å². The Balaban J connectivity index is 1.94. The molecule has 0 spiro atoms. The van der Waals surface area contributed by atoms with Crippen molar-refractivity contribution in [2.45, 2.75) is 25.1 Å². The number of carbonyl (C=O) groups excluding carboxylic acids is 1. The van der Waals surface area contributed by atoms with Crippen LogP contribution < -0.4 is 5.32 Å². The third-order valence-electron chi connectivity index (χ3n) is 2.96. The van der Waals surface area contributed by atoms with Crippen molar-refractivity contribution < 1.29 is 9.18 Å². The van der Waals surface area contributed by atoms with Gasteiger partial charge in [-0.25, -0.2) is 4.39 Å². The fourth-order valence-corrected chi connectivity index (χ4v) is 2.04. The molecule has 0 bridgehead atoms. The van der Waals surface area contributed by atoms with Crippen molar-refractivity contribution in [1.82, 2.24) is 5.32 Å². The molecule has 2 nitrogen and oxygen atoms in total. The lowest BCUT2D eigenvalue weighted by Gasteiger charge is -2.10. The maximum Gasteiger partial charge on any atom is 0.254 e. The van der Waals surface area contributed by atoms with Crippen LogP contribution in [0.2, 0.25) is 0 Å². The standard InChI is InChI=1S/C13H15ClFNO/c1-8-2-5-10(12(15)6-8)13(17)16-7-11(14)9-3-4-9/h2,5-6,9,11H,3-4,7H2,1H3,(H,16,17). The van der Waals surface area contributed by atoms with Crippen molar-refractivity contribution in [1.29, 1.82) is 0 Å². The summed E-state index contributed by atoms with van der Waals surface area (Å²) in [6.07, 6.45) is 2.26. The molecule has 1 aliphatic carbocycles. The molecule has 1 amide bonds. The van der Waals surface area contributed by atoms with Crippen LogP contribution in [0.25, 0.3) is 0 Å². The van der Waals surface area contributed by atoms with Gasteiger partial charge in [-0.15, -0.1) is 11.6 Å². The van der Waals surface area contributed by atoms with Gasteiger partial charge in [-0.3, -0.25) is 4.79 Å². The molecule has 1 N–H and O–H groups in total. The average molecular weight is 256 g/mol. The number of carbonyl (C=O) groups is 1. The van der Waals surface area contributed by atoms with E-state index in [1.165, 1.54) is 12.1 Å². The van der Waals surface area contributed by atoms with Gasteiger partial charge < -0.3 is 5.32 Å². The Kier molecular flexibility index (Phi) is 3.67. The van der Waals surface area contributed by atoms with Crippen LogP contribution in [0.15, 0.2) is 18.2 Å². The summed E-state index contributed by atoms with van der Waals surface area (Å²) >= 11 is 6.07. The normalized spacial score (nSPS) is 16.6. The Labute approximate surface area is 105 Å². The second-order valence-corrected chi connectivity index (χ2v) is 5.11. The van der Waals surface area contributed by atoms with Gasteiger partial charge in [0.2, 0.25) is 0 Å². The van der Waals surface area contributed by atoms with Crippen molar-refractivity contribution in [2.24, 2.45) is 5.92 Å². The number of halogens is 2. The Hall–Kier alpha value is -1.09. The molecule has 1 aromatic carbocycles. The van der Waals surface area contributed by atoms with Gasteiger partial charge in [0.05, 0.1) is 10.9 Å². The fraction of sp³-hybridized carbons (Fsp3) is 0.462. The summed E-state index contributed by atoms with van der Waals surface area (Å²) in [5.41, 5.74) is 0.877. The Morgan fingerprint density at radius 1 is 1.59 bits per heavy atom. The smallest absolute Gasteiger partial charge is 0.254 e. The first kappa shape index (κ1) is 12.4. The third kappa shape index (κ3) is 3.19. The number of hydrogen-bond acceptors (Lipinski definition) is 1. The molecule has 17 heavy (non-hydrogen) atoms. The van der Waals surface area contributed by atoms with Crippen LogP contribution in [0.5, 0.6) is 0 Å². The summed E-state index contributed by atoms with van der Waals surface area (Å²) in [5, 5.41) is 2.63. The van der Waals surface area contributed by atoms with Crippen LogP contribution in [0.4, 0.5) is 4.39 Å². The molecular formula is C13H15ClFNO. The Bertz CT molecular complexity index is 431. The Morgan fingerprint density at radius 3 is 2.88 bits per heavy atom. The van der Waals surface area contributed by atoms with E-state index in [1.54, 1.807) is 13.0 Å². The highest BCUT2D eigenvalue weighted by molar-refractivity contribution is 6.21. The molecule has 0 heterocycles. The van der Waals surface area contributed by atoms with E-state index in [4.69, 9.17) is 11.6 Å². The Morgan fingerprint density at radius 2 is 2.29 bits per heavy atom. The number of aryl methyl sites for hydroxylation is 1. The van der Waals surface area contributed by atoms with E-state index in [-0.39, 0.29) is 10.9 Å². The second-order valence-electron chi connectivity index (χ2n) is 4.55. The van der Waals surface area contributed by atoms with Crippen molar-refractivity contribution in [2.75, 3.05) is 6.54 Å². The van der Waals surface area contributed by atoms with E-state index in [0.29, 0.717) is 12.5 Å². The van der Waals surface area contributed by atoms with Crippen LogP contribution in [0, 0.1) is 18.7 Å². The second kappa shape index (κ2) is 5.05. The highest BCUT2D eigenvalue weighted by atomic mass is 35.5. The van der Waals surface area contributed by atoms with Gasteiger partial charge in [-0.05, 0) is 43.4 Å². The fourth-order valence-electron chi connectivity index (χ4n) is 1.71. The molecule has 0 saturated heterocycles. The maximum atomic E-state index is 13.5. The average Bonchev–Trinajstić information content (AvgIpc) is 3.09. The number of nitrogens with one attached hydrogen (secondary N) is 1. The van der Waals surface area contributed by atoms with Crippen LogP contribution >= 0.6 is 11.6 Å². The van der Waals surface area contributed by atoms with E-state index >= 15 is 0 Å². The molecule has 92 valence electrons. The van der Waals surface area contributed by atoms with Crippen molar-refractivity contribution >= 4 is 17.5 Å². The van der Waals surface area contributed by atoms with E-state index in [0.717, 1.165) is 18.4 Å². The summed E-state index contributed by atoms with van der Waals surface area (Å²) < 4.78 is 13.5.